The largest absolute Gasteiger partial charge is 0.437 e. The van der Waals surface area contributed by atoms with Gasteiger partial charge in [0.1, 0.15) is 0 Å². The number of carbonyl (C=O) groups is 3. The number of rotatable bonds is 23. The molecular weight excluding hydrogens is 747 g/mol. The smallest absolute Gasteiger partial charge is 0.321 e. The second-order valence-electron chi connectivity index (χ2n) is 15.0. The lowest BCUT2D eigenvalue weighted by Crippen LogP contribution is -2.52. The molecule has 5 N–H and O–H groups in total. The molecule has 16 heteroatoms. The zero-order valence-corrected chi connectivity index (χ0v) is 36.8. The highest BCUT2D eigenvalue weighted by Gasteiger charge is 2.39. The van der Waals surface area contributed by atoms with Crippen molar-refractivity contribution in [2.24, 2.45) is 0 Å². The zero-order valence-electron chi connectivity index (χ0n) is 33.8. The van der Waals surface area contributed by atoms with Gasteiger partial charge in [0.15, 0.2) is 16.6 Å². The van der Waals surface area contributed by atoms with Crippen molar-refractivity contribution in [3.63, 3.8) is 0 Å². The van der Waals surface area contributed by atoms with Crippen LogP contribution in [0.3, 0.4) is 0 Å². The van der Waals surface area contributed by atoms with E-state index in [2.05, 4.69) is 66.0 Å². The Balaban J connectivity index is 1.51. The van der Waals surface area contributed by atoms with Crippen molar-refractivity contribution < 1.29 is 27.5 Å². The van der Waals surface area contributed by atoms with E-state index in [1.54, 1.807) is 4.90 Å². The van der Waals surface area contributed by atoms with Crippen molar-refractivity contribution in [1.29, 1.82) is 0 Å². The summed E-state index contributed by atoms with van der Waals surface area (Å²) in [5, 5.41) is 11.7. The zero-order chi connectivity index (χ0) is 40.2. The monoisotopic (exact) mass is 809 g/mol. The molecule has 0 saturated heterocycles. The van der Waals surface area contributed by atoms with Crippen molar-refractivity contribution >= 4 is 60.4 Å². The van der Waals surface area contributed by atoms with Gasteiger partial charge in [0.05, 0.1) is 6.61 Å². The highest BCUT2D eigenvalue weighted by molar-refractivity contribution is 6.87. The molecule has 0 saturated carbocycles. The molecule has 0 spiro atoms. The van der Waals surface area contributed by atoms with E-state index in [9.17, 15) is 14.4 Å². The second kappa shape index (κ2) is 23.1. The van der Waals surface area contributed by atoms with Gasteiger partial charge in [-0.1, -0.05) is 54.6 Å². The Labute approximate surface area is 331 Å². The fraction of sp³-hybridized carbons (Fsp3) is 0.462. The van der Waals surface area contributed by atoms with Crippen molar-refractivity contribution in [2.45, 2.75) is 71.1 Å². The Bertz CT molecular complexity index is 1570. The molecule has 0 heterocycles. The summed E-state index contributed by atoms with van der Waals surface area (Å²) >= 11 is 0. The van der Waals surface area contributed by atoms with E-state index < -0.39 is 25.2 Å². The topological polar surface area (TPSA) is 146 Å². The number of hydrogen-bond donors (Lipinski definition) is 5. The van der Waals surface area contributed by atoms with Crippen LogP contribution in [0.1, 0.15) is 19.8 Å². The SMILES string of the molecule is CCONCCN(CCC[Si](C)(C)O[Si](C)(C)O[Si](C)(C)CCCN(CCNC(=O)Nc1ccccc1)C(=O)Nc1ccccc1)C(=O)Nc1ccccc1. The van der Waals surface area contributed by atoms with Gasteiger partial charge in [0.2, 0.25) is 0 Å². The lowest BCUT2D eigenvalue weighted by atomic mass is 10.3. The average molecular weight is 810 g/mol. The number of anilines is 3. The van der Waals surface area contributed by atoms with E-state index in [4.69, 9.17) is 13.1 Å². The number of nitrogens with one attached hydrogen (secondary N) is 5. The lowest BCUT2D eigenvalue weighted by Gasteiger charge is -2.39. The summed E-state index contributed by atoms with van der Waals surface area (Å²) in [5.74, 6) is 0. The Morgan fingerprint density at radius 3 is 1.38 bits per heavy atom. The van der Waals surface area contributed by atoms with Gasteiger partial charge in [-0.2, -0.15) is 0 Å². The van der Waals surface area contributed by atoms with E-state index >= 15 is 0 Å². The van der Waals surface area contributed by atoms with E-state index in [0.717, 1.165) is 30.6 Å². The van der Waals surface area contributed by atoms with E-state index in [0.29, 0.717) is 57.3 Å². The highest BCUT2D eigenvalue weighted by atomic mass is 28.5. The van der Waals surface area contributed by atoms with Gasteiger partial charge in [-0.3, -0.25) is 0 Å². The summed E-state index contributed by atoms with van der Waals surface area (Å²) < 4.78 is 13.8. The van der Waals surface area contributed by atoms with Crippen LogP contribution in [0.4, 0.5) is 31.4 Å². The molecule has 0 bridgehead atoms. The normalized spacial score (nSPS) is 11.8. The van der Waals surface area contributed by atoms with Gasteiger partial charge in [-0.05, 0) is 108 Å². The molecular formula is C39H63N7O6Si3. The molecule has 0 aliphatic rings. The van der Waals surface area contributed by atoms with E-state index in [1.165, 1.54) is 0 Å². The quantitative estimate of drug-likeness (QED) is 0.0368. The predicted octanol–water partition coefficient (Wildman–Crippen LogP) is 8.34. The molecule has 0 unspecified atom stereocenters. The van der Waals surface area contributed by atoms with Crippen LogP contribution in [-0.2, 0) is 13.1 Å². The molecule has 3 aromatic rings. The Morgan fingerprint density at radius 1 is 0.564 bits per heavy atom. The van der Waals surface area contributed by atoms with Crippen molar-refractivity contribution in [1.82, 2.24) is 20.6 Å². The van der Waals surface area contributed by atoms with Crippen LogP contribution in [0.5, 0.6) is 0 Å². The highest BCUT2D eigenvalue weighted by Crippen LogP contribution is 2.26. The Morgan fingerprint density at radius 2 is 0.964 bits per heavy atom. The first kappa shape index (κ1) is 45.4. The van der Waals surface area contributed by atoms with Crippen LogP contribution in [0.15, 0.2) is 91.0 Å². The molecule has 0 radical (unpaired) electrons. The van der Waals surface area contributed by atoms with Crippen LogP contribution < -0.4 is 26.7 Å². The molecule has 0 atom stereocenters. The van der Waals surface area contributed by atoms with Crippen molar-refractivity contribution in [2.75, 3.05) is 61.8 Å². The summed E-state index contributed by atoms with van der Waals surface area (Å²) in [4.78, 5) is 47.9. The maximum absolute atomic E-state index is 13.4. The van der Waals surface area contributed by atoms with Gasteiger partial charge in [-0.25, -0.2) is 19.9 Å². The fourth-order valence-electron chi connectivity index (χ4n) is 6.28. The Kier molecular flexibility index (Phi) is 19.1. The number of hydrogen-bond acceptors (Lipinski definition) is 7. The van der Waals surface area contributed by atoms with Gasteiger partial charge in [0, 0.05) is 56.3 Å². The van der Waals surface area contributed by atoms with Crippen LogP contribution in [0, 0.1) is 0 Å². The molecule has 6 amide bonds. The molecule has 13 nitrogen and oxygen atoms in total. The number of urea groups is 3. The van der Waals surface area contributed by atoms with Crippen LogP contribution in [0.2, 0.25) is 51.4 Å². The van der Waals surface area contributed by atoms with Crippen LogP contribution in [0.25, 0.3) is 0 Å². The lowest BCUT2D eigenvalue weighted by molar-refractivity contribution is 0.0472. The van der Waals surface area contributed by atoms with Gasteiger partial charge in [0.25, 0.3) is 0 Å². The van der Waals surface area contributed by atoms with Gasteiger partial charge >= 0.3 is 26.7 Å². The summed E-state index contributed by atoms with van der Waals surface area (Å²) in [5.41, 5.74) is 5.08. The molecule has 55 heavy (non-hydrogen) atoms. The van der Waals surface area contributed by atoms with Crippen molar-refractivity contribution in [3.8, 4) is 0 Å². The minimum absolute atomic E-state index is 0.142. The number of amides is 6. The number of benzene rings is 3. The third-order valence-corrected chi connectivity index (χ3v) is 20.0. The first-order chi connectivity index (χ1) is 26.2. The number of carbonyl (C=O) groups excluding carboxylic acids is 3. The summed E-state index contributed by atoms with van der Waals surface area (Å²) in [6, 6.07) is 29.1. The van der Waals surface area contributed by atoms with E-state index in [1.807, 2.05) is 103 Å². The summed E-state index contributed by atoms with van der Waals surface area (Å²) in [7, 11) is -6.85. The van der Waals surface area contributed by atoms with Gasteiger partial charge in [-0.15, -0.1) is 0 Å². The van der Waals surface area contributed by atoms with Crippen molar-refractivity contribution in [3.05, 3.63) is 91.0 Å². The maximum atomic E-state index is 13.4. The van der Waals surface area contributed by atoms with Crippen LogP contribution in [-0.4, -0.2) is 99.0 Å². The first-order valence-corrected chi connectivity index (χ1v) is 28.3. The Hall–Kier alpha value is -4.04. The maximum Gasteiger partial charge on any atom is 0.321 e. The molecule has 0 aliphatic carbocycles. The molecule has 0 aliphatic heterocycles. The van der Waals surface area contributed by atoms with E-state index in [-0.39, 0.29) is 18.1 Å². The predicted molar refractivity (Wildman–Crippen MR) is 231 cm³/mol. The fourth-order valence-corrected chi connectivity index (χ4v) is 20.3. The van der Waals surface area contributed by atoms with Gasteiger partial charge < -0.3 is 44.1 Å². The molecule has 3 aromatic carbocycles. The minimum Gasteiger partial charge on any atom is -0.437 e. The summed E-state index contributed by atoms with van der Waals surface area (Å²) in [6.07, 6.45) is 1.56. The molecule has 0 aromatic heterocycles. The number of hydroxylamine groups is 1. The summed E-state index contributed by atoms with van der Waals surface area (Å²) in [6.45, 7) is 18.4. The van der Waals surface area contributed by atoms with Crippen LogP contribution >= 0.6 is 0 Å². The second-order valence-corrected chi connectivity index (χ2v) is 27.4. The third kappa shape index (κ3) is 18.9. The number of nitrogens with zero attached hydrogens (tertiary/aromatic N) is 2. The number of para-hydroxylation sites is 3. The average Bonchev–Trinajstić information content (AvgIpc) is 3.12. The first-order valence-electron chi connectivity index (χ1n) is 19.2. The molecule has 3 rings (SSSR count). The molecule has 302 valence electrons. The molecule has 0 fully saturated rings. The third-order valence-electron chi connectivity index (χ3n) is 8.51. The minimum atomic E-state index is -2.51. The standard InChI is InChI=1S/C39H63N7O6Si3/c1-8-50-41-27-31-46(39(49)44-36-24-16-11-17-25-36)29-19-33-54(4,5)52-55(6,7)51-53(2,3)32-18-28-45(38(48)43-35-22-14-10-15-23-35)30-26-40-37(47)42-34-20-12-9-13-21-34/h9-17,20-25,41H,8,18-19,26-33H2,1-7H3,(H,43,48)(H,44,49)(H2,40,42,47).